The predicted molar refractivity (Wildman–Crippen MR) is 123 cm³/mol. The van der Waals surface area contributed by atoms with Crippen molar-refractivity contribution in [1.29, 1.82) is 0 Å². The van der Waals surface area contributed by atoms with Crippen molar-refractivity contribution in [3.05, 3.63) is 40.5 Å². The Kier molecular flexibility index (Phi) is 7.70. The SMILES string of the molecule is CCC[C@H](CO)Nc1nc(NCc2ccc(OC)cc2OC)nc2c(Cl)cc(C)nc12. The topological polar surface area (TPSA) is 101 Å². The highest BCUT2D eigenvalue weighted by molar-refractivity contribution is 6.35. The highest BCUT2D eigenvalue weighted by Gasteiger charge is 2.16. The molecule has 0 radical (unpaired) electrons. The molecule has 2 heterocycles. The van der Waals surface area contributed by atoms with E-state index in [-0.39, 0.29) is 12.6 Å². The Labute approximate surface area is 187 Å². The van der Waals surface area contributed by atoms with Crippen molar-refractivity contribution in [3.63, 3.8) is 0 Å². The van der Waals surface area contributed by atoms with Crippen LogP contribution in [0.25, 0.3) is 11.0 Å². The van der Waals surface area contributed by atoms with Crippen LogP contribution in [0.3, 0.4) is 0 Å². The molecule has 0 bridgehead atoms. The Balaban J connectivity index is 1.95. The Hall–Kier alpha value is -2.84. The van der Waals surface area contributed by atoms with Crippen molar-refractivity contribution < 1.29 is 14.6 Å². The molecule has 0 spiro atoms. The predicted octanol–water partition coefficient (Wildman–Crippen LogP) is 4.19. The molecule has 3 aromatic rings. The van der Waals surface area contributed by atoms with Gasteiger partial charge in [0.05, 0.1) is 31.9 Å². The Morgan fingerprint density at radius 2 is 1.90 bits per heavy atom. The summed E-state index contributed by atoms with van der Waals surface area (Å²) >= 11 is 6.47. The van der Waals surface area contributed by atoms with E-state index >= 15 is 0 Å². The first-order chi connectivity index (χ1) is 15.0. The van der Waals surface area contributed by atoms with E-state index in [1.54, 1.807) is 20.3 Å². The normalized spacial score (nSPS) is 11.9. The van der Waals surface area contributed by atoms with Crippen molar-refractivity contribution in [2.75, 3.05) is 31.5 Å². The standard InChI is InChI=1S/C22H28ClN5O3/c1-5-6-15(12-29)26-21-20-19(17(23)9-13(2)25-20)27-22(28-21)24-11-14-7-8-16(30-3)10-18(14)31-4/h7-10,15,29H,5-6,11-12H2,1-4H3,(H2,24,26,27,28)/t15-/m1/s1. The van der Waals surface area contributed by atoms with E-state index in [4.69, 9.17) is 21.1 Å². The second-order valence-electron chi connectivity index (χ2n) is 7.18. The summed E-state index contributed by atoms with van der Waals surface area (Å²) in [6.45, 7) is 4.36. The second-order valence-corrected chi connectivity index (χ2v) is 7.59. The Morgan fingerprint density at radius 3 is 2.58 bits per heavy atom. The number of hydrogen-bond donors (Lipinski definition) is 3. The third-order valence-electron chi connectivity index (χ3n) is 4.86. The van der Waals surface area contributed by atoms with Crippen LogP contribution in [-0.2, 0) is 6.54 Å². The maximum absolute atomic E-state index is 9.73. The number of pyridine rings is 1. The summed E-state index contributed by atoms with van der Waals surface area (Å²) in [5, 5.41) is 16.8. The van der Waals surface area contributed by atoms with E-state index in [1.807, 2.05) is 25.1 Å². The molecule has 1 atom stereocenters. The molecule has 0 amide bonds. The number of aryl methyl sites for hydroxylation is 1. The third-order valence-corrected chi connectivity index (χ3v) is 5.15. The number of nitrogens with one attached hydrogen (secondary N) is 2. The molecule has 0 aliphatic rings. The van der Waals surface area contributed by atoms with Crippen molar-refractivity contribution in [3.8, 4) is 11.5 Å². The summed E-state index contributed by atoms with van der Waals surface area (Å²) in [6, 6.07) is 7.25. The summed E-state index contributed by atoms with van der Waals surface area (Å²) in [4.78, 5) is 13.8. The smallest absolute Gasteiger partial charge is 0.225 e. The minimum absolute atomic E-state index is 0.00923. The lowest BCUT2D eigenvalue weighted by Crippen LogP contribution is -2.24. The lowest BCUT2D eigenvalue weighted by Gasteiger charge is -2.18. The largest absolute Gasteiger partial charge is 0.497 e. The fourth-order valence-electron chi connectivity index (χ4n) is 3.29. The molecule has 31 heavy (non-hydrogen) atoms. The molecular weight excluding hydrogens is 418 g/mol. The van der Waals surface area contributed by atoms with Gasteiger partial charge in [-0.2, -0.15) is 4.98 Å². The molecule has 0 aliphatic carbocycles. The lowest BCUT2D eigenvalue weighted by atomic mass is 10.2. The van der Waals surface area contributed by atoms with Crippen LogP contribution < -0.4 is 20.1 Å². The zero-order valence-electron chi connectivity index (χ0n) is 18.2. The van der Waals surface area contributed by atoms with Crippen molar-refractivity contribution >= 4 is 34.4 Å². The number of halogens is 1. The van der Waals surface area contributed by atoms with Gasteiger partial charge in [0.15, 0.2) is 5.82 Å². The molecule has 0 fully saturated rings. The van der Waals surface area contributed by atoms with Gasteiger partial charge in [-0.1, -0.05) is 24.9 Å². The molecular formula is C22H28ClN5O3. The number of fused-ring (bicyclic) bond motifs is 1. The molecule has 0 saturated carbocycles. The van der Waals surface area contributed by atoms with Crippen LogP contribution in [0.5, 0.6) is 11.5 Å². The summed E-state index contributed by atoms with van der Waals surface area (Å²) in [5.41, 5.74) is 2.81. The highest BCUT2D eigenvalue weighted by Crippen LogP contribution is 2.29. The van der Waals surface area contributed by atoms with Gasteiger partial charge in [-0.25, -0.2) is 9.97 Å². The third kappa shape index (κ3) is 5.45. The number of aromatic nitrogens is 3. The zero-order valence-corrected chi connectivity index (χ0v) is 19.0. The minimum Gasteiger partial charge on any atom is -0.497 e. The Bertz CT molecular complexity index is 1050. The molecule has 2 aromatic heterocycles. The van der Waals surface area contributed by atoms with Crippen LogP contribution in [0.15, 0.2) is 24.3 Å². The van der Waals surface area contributed by atoms with E-state index in [0.717, 1.165) is 24.1 Å². The average molecular weight is 446 g/mol. The van der Waals surface area contributed by atoms with Crippen LogP contribution in [0.4, 0.5) is 11.8 Å². The number of rotatable bonds is 10. The highest BCUT2D eigenvalue weighted by atomic mass is 35.5. The maximum atomic E-state index is 9.73. The molecule has 3 rings (SSSR count). The van der Waals surface area contributed by atoms with Gasteiger partial charge in [0.1, 0.15) is 22.5 Å². The van der Waals surface area contributed by atoms with E-state index in [1.165, 1.54) is 0 Å². The fourth-order valence-corrected chi connectivity index (χ4v) is 3.58. The summed E-state index contributed by atoms with van der Waals surface area (Å²) in [7, 11) is 3.23. The molecule has 1 aromatic carbocycles. The first-order valence-electron chi connectivity index (χ1n) is 10.2. The first kappa shape index (κ1) is 22.8. The second kappa shape index (κ2) is 10.5. The van der Waals surface area contributed by atoms with Gasteiger partial charge >= 0.3 is 0 Å². The van der Waals surface area contributed by atoms with E-state index in [9.17, 15) is 5.11 Å². The molecule has 166 valence electrons. The zero-order chi connectivity index (χ0) is 22.4. The molecule has 8 nitrogen and oxygen atoms in total. The molecule has 9 heteroatoms. The van der Waals surface area contributed by atoms with Gasteiger partial charge < -0.3 is 25.2 Å². The monoisotopic (exact) mass is 445 g/mol. The summed E-state index contributed by atoms with van der Waals surface area (Å²) in [5.74, 6) is 2.35. The van der Waals surface area contributed by atoms with E-state index in [0.29, 0.717) is 45.9 Å². The van der Waals surface area contributed by atoms with Crippen LogP contribution >= 0.6 is 11.6 Å². The number of anilines is 2. The van der Waals surface area contributed by atoms with E-state index in [2.05, 4.69) is 32.5 Å². The van der Waals surface area contributed by atoms with Crippen LogP contribution in [0, 0.1) is 6.92 Å². The number of ether oxygens (including phenoxy) is 2. The molecule has 0 saturated heterocycles. The number of aliphatic hydroxyl groups is 1. The first-order valence-corrected chi connectivity index (χ1v) is 10.5. The van der Waals surface area contributed by atoms with Crippen molar-refractivity contribution in [1.82, 2.24) is 15.0 Å². The maximum Gasteiger partial charge on any atom is 0.225 e. The van der Waals surface area contributed by atoms with Gasteiger partial charge in [0, 0.05) is 23.9 Å². The summed E-state index contributed by atoms with van der Waals surface area (Å²) < 4.78 is 10.7. The van der Waals surface area contributed by atoms with Crippen LogP contribution in [-0.4, -0.2) is 46.9 Å². The lowest BCUT2D eigenvalue weighted by molar-refractivity contribution is 0.268. The number of nitrogens with zero attached hydrogens (tertiary/aromatic N) is 3. The van der Waals surface area contributed by atoms with Crippen LogP contribution in [0.2, 0.25) is 5.02 Å². The van der Waals surface area contributed by atoms with Gasteiger partial charge in [-0.15, -0.1) is 0 Å². The number of benzene rings is 1. The van der Waals surface area contributed by atoms with Gasteiger partial charge in [-0.3, -0.25) is 0 Å². The molecule has 3 N–H and O–H groups in total. The van der Waals surface area contributed by atoms with Gasteiger partial charge in [0.2, 0.25) is 5.95 Å². The number of aliphatic hydroxyl groups excluding tert-OH is 1. The fraction of sp³-hybridized carbons (Fsp3) is 0.409. The van der Waals surface area contributed by atoms with E-state index < -0.39 is 0 Å². The van der Waals surface area contributed by atoms with Crippen LogP contribution in [0.1, 0.15) is 31.0 Å². The van der Waals surface area contributed by atoms with Gasteiger partial charge in [0.25, 0.3) is 0 Å². The molecule has 0 aliphatic heterocycles. The summed E-state index contributed by atoms with van der Waals surface area (Å²) in [6.07, 6.45) is 1.73. The van der Waals surface area contributed by atoms with Crippen molar-refractivity contribution in [2.24, 2.45) is 0 Å². The molecule has 0 unspecified atom stereocenters. The number of hydrogen-bond acceptors (Lipinski definition) is 8. The van der Waals surface area contributed by atoms with Crippen molar-refractivity contribution in [2.45, 2.75) is 39.3 Å². The quantitative estimate of drug-likeness (QED) is 0.427. The van der Waals surface area contributed by atoms with Gasteiger partial charge in [-0.05, 0) is 31.5 Å². The minimum atomic E-state index is -0.140. The number of methoxy groups -OCH3 is 2. The average Bonchev–Trinajstić information content (AvgIpc) is 2.77. The Morgan fingerprint density at radius 1 is 1.10 bits per heavy atom.